The van der Waals surface area contributed by atoms with Gasteiger partial charge in [0.05, 0.1) is 17.2 Å². The van der Waals surface area contributed by atoms with Gasteiger partial charge in [-0.05, 0) is 61.4 Å². The minimum atomic E-state index is -5.05. The van der Waals surface area contributed by atoms with Crippen molar-refractivity contribution >= 4 is 11.6 Å². The van der Waals surface area contributed by atoms with Crippen molar-refractivity contribution in [1.29, 1.82) is 0 Å². The van der Waals surface area contributed by atoms with Crippen molar-refractivity contribution in [1.82, 2.24) is 4.90 Å². The zero-order chi connectivity index (χ0) is 29.7. The summed E-state index contributed by atoms with van der Waals surface area (Å²) in [4.78, 5) is 16.1. The van der Waals surface area contributed by atoms with Crippen LogP contribution in [0.4, 0.5) is 40.8 Å². The van der Waals surface area contributed by atoms with E-state index >= 15 is 0 Å². The molecule has 3 aliphatic rings. The van der Waals surface area contributed by atoms with Gasteiger partial charge in [0.2, 0.25) is 5.91 Å². The van der Waals surface area contributed by atoms with E-state index in [2.05, 4.69) is 9.47 Å². The number of hydrogen-bond acceptors (Lipinski definition) is 4. The summed E-state index contributed by atoms with van der Waals surface area (Å²) >= 11 is 0. The van der Waals surface area contributed by atoms with E-state index in [1.807, 2.05) is 4.90 Å². The molecule has 5 rings (SSSR count). The molecule has 0 radical (unpaired) electrons. The van der Waals surface area contributed by atoms with E-state index in [1.54, 1.807) is 0 Å². The Bertz CT molecular complexity index is 1270. The molecule has 0 aromatic heterocycles. The minimum absolute atomic E-state index is 0.0320. The standard InChI is InChI=1S/C28H28F8N2O3/c1-16(39)38(15-18-9-19(26(29,30)31)11-20(10-18)27(32,33)34)22-7-4-8-37(14-17-5-2-3-6-17)23-13-25-24(12-21(22)23)40-28(35,36)41-25/h9-13,17,22H,2-8,14-15H2,1H3/t22-/m0/s1. The maximum atomic E-state index is 14.0. The van der Waals surface area contributed by atoms with Crippen LogP contribution in [0.1, 0.15) is 73.7 Å². The summed E-state index contributed by atoms with van der Waals surface area (Å²) < 4.78 is 118. The summed E-state index contributed by atoms with van der Waals surface area (Å²) in [5, 5.41) is 0. The predicted molar refractivity (Wildman–Crippen MR) is 131 cm³/mol. The summed E-state index contributed by atoms with van der Waals surface area (Å²) in [5.41, 5.74) is -2.39. The molecule has 41 heavy (non-hydrogen) atoms. The number of carbonyl (C=O) groups excluding carboxylic acids is 1. The van der Waals surface area contributed by atoms with Crippen LogP contribution in [-0.2, 0) is 23.7 Å². The highest BCUT2D eigenvalue weighted by atomic mass is 19.4. The Morgan fingerprint density at radius 1 is 0.902 bits per heavy atom. The predicted octanol–water partition coefficient (Wildman–Crippen LogP) is 7.93. The van der Waals surface area contributed by atoms with E-state index < -0.39 is 48.3 Å². The number of carbonyl (C=O) groups is 1. The number of halogens is 8. The number of ether oxygens (including phenoxy) is 2. The molecule has 0 N–H and O–H groups in total. The lowest BCUT2D eigenvalue weighted by atomic mass is 9.97. The van der Waals surface area contributed by atoms with Crippen LogP contribution >= 0.6 is 0 Å². The third kappa shape index (κ3) is 6.33. The van der Waals surface area contributed by atoms with Crippen molar-refractivity contribution in [2.45, 2.75) is 76.7 Å². The van der Waals surface area contributed by atoms with Gasteiger partial charge in [-0.3, -0.25) is 4.79 Å². The number of rotatable bonds is 5. The Hall–Kier alpha value is -3.25. The van der Waals surface area contributed by atoms with Crippen LogP contribution in [0.25, 0.3) is 0 Å². The maximum Gasteiger partial charge on any atom is 0.586 e. The Morgan fingerprint density at radius 2 is 1.49 bits per heavy atom. The first-order valence-corrected chi connectivity index (χ1v) is 13.3. The summed E-state index contributed by atoms with van der Waals surface area (Å²) in [7, 11) is 0. The van der Waals surface area contributed by atoms with Gasteiger partial charge in [0.1, 0.15) is 0 Å². The molecule has 0 saturated heterocycles. The SMILES string of the molecule is CC(=O)N(Cc1cc(C(F)(F)F)cc(C(F)(F)F)c1)[C@H]1CCCN(CC2CCCC2)c2cc3c(cc21)OC(F)(F)O3. The minimum Gasteiger partial charge on any atom is -0.395 e. The van der Waals surface area contributed by atoms with Crippen molar-refractivity contribution in [2.24, 2.45) is 5.92 Å². The fourth-order valence-corrected chi connectivity index (χ4v) is 6.06. The molecule has 224 valence electrons. The molecule has 0 bridgehead atoms. The molecule has 1 atom stereocenters. The zero-order valence-electron chi connectivity index (χ0n) is 22.0. The van der Waals surface area contributed by atoms with Gasteiger partial charge in [-0.1, -0.05) is 12.8 Å². The normalized spacial score (nSPS) is 20.6. The molecule has 0 spiro atoms. The summed E-state index contributed by atoms with van der Waals surface area (Å²) in [6.07, 6.45) is -8.98. The highest BCUT2D eigenvalue weighted by Gasteiger charge is 2.45. The van der Waals surface area contributed by atoms with Crippen LogP contribution in [0.15, 0.2) is 30.3 Å². The highest BCUT2D eigenvalue weighted by molar-refractivity contribution is 5.75. The summed E-state index contributed by atoms with van der Waals surface area (Å²) in [6, 6.07) is 3.15. The maximum absolute atomic E-state index is 14.0. The lowest BCUT2D eigenvalue weighted by Crippen LogP contribution is -2.33. The molecular weight excluding hydrogens is 564 g/mol. The third-order valence-corrected chi connectivity index (χ3v) is 7.89. The van der Waals surface area contributed by atoms with E-state index in [0.717, 1.165) is 25.7 Å². The zero-order valence-corrected chi connectivity index (χ0v) is 22.0. The number of hydrogen-bond donors (Lipinski definition) is 0. The van der Waals surface area contributed by atoms with Crippen LogP contribution < -0.4 is 14.4 Å². The van der Waals surface area contributed by atoms with Gasteiger partial charge in [-0.25, -0.2) is 0 Å². The molecule has 1 saturated carbocycles. The van der Waals surface area contributed by atoms with Gasteiger partial charge in [-0.15, -0.1) is 8.78 Å². The lowest BCUT2D eigenvalue weighted by Gasteiger charge is -2.33. The van der Waals surface area contributed by atoms with Gasteiger partial charge < -0.3 is 19.3 Å². The summed E-state index contributed by atoms with van der Waals surface area (Å²) in [6.45, 7) is 1.77. The molecule has 2 aromatic carbocycles. The molecule has 5 nitrogen and oxygen atoms in total. The smallest absolute Gasteiger partial charge is 0.395 e. The van der Waals surface area contributed by atoms with Crippen LogP contribution in [0.5, 0.6) is 11.5 Å². The number of alkyl halides is 8. The second-order valence-corrected chi connectivity index (χ2v) is 10.8. The van der Waals surface area contributed by atoms with Crippen molar-refractivity contribution in [3.8, 4) is 11.5 Å². The van der Waals surface area contributed by atoms with Crippen LogP contribution in [0, 0.1) is 5.92 Å². The van der Waals surface area contributed by atoms with Crippen LogP contribution in [0.2, 0.25) is 0 Å². The van der Waals surface area contributed by atoms with Gasteiger partial charge in [0, 0.05) is 43.9 Å². The third-order valence-electron chi connectivity index (χ3n) is 7.89. The lowest BCUT2D eigenvalue weighted by molar-refractivity contribution is -0.286. The number of anilines is 1. The molecule has 1 amide bonds. The Kier molecular flexibility index (Phi) is 7.52. The first-order chi connectivity index (χ1) is 19.1. The first kappa shape index (κ1) is 29.2. The molecule has 1 fully saturated rings. The number of nitrogens with zero attached hydrogens (tertiary/aromatic N) is 2. The number of fused-ring (bicyclic) bond motifs is 2. The Balaban J connectivity index is 1.56. The van der Waals surface area contributed by atoms with Crippen molar-refractivity contribution in [2.75, 3.05) is 18.0 Å². The molecule has 2 heterocycles. The average Bonchev–Trinajstić information content (AvgIpc) is 3.43. The number of amides is 1. The average molecular weight is 593 g/mol. The monoisotopic (exact) mass is 592 g/mol. The fraction of sp³-hybridized carbons (Fsp3) is 0.536. The van der Waals surface area contributed by atoms with Gasteiger partial charge in [0.25, 0.3) is 0 Å². The molecule has 13 heteroatoms. The molecule has 2 aromatic rings. The summed E-state index contributed by atoms with van der Waals surface area (Å²) in [5.74, 6) is -0.670. The largest absolute Gasteiger partial charge is 0.586 e. The van der Waals surface area contributed by atoms with E-state index in [9.17, 15) is 39.9 Å². The van der Waals surface area contributed by atoms with Crippen LogP contribution in [0.3, 0.4) is 0 Å². The Morgan fingerprint density at radius 3 is 2.05 bits per heavy atom. The van der Waals surface area contributed by atoms with Gasteiger partial charge in [0.15, 0.2) is 11.5 Å². The van der Waals surface area contributed by atoms with E-state index in [4.69, 9.17) is 0 Å². The second kappa shape index (κ2) is 10.5. The molecule has 0 unspecified atom stereocenters. The number of benzene rings is 2. The second-order valence-electron chi connectivity index (χ2n) is 10.8. The molecule has 1 aliphatic carbocycles. The van der Waals surface area contributed by atoms with Crippen LogP contribution in [-0.4, -0.2) is 30.2 Å². The van der Waals surface area contributed by atoms with E-state index in [0.29, 0.717) is 55.2 Å². The van der Waals surface area contributed by atoms with Crippen molar-refractivity contribution in [3.63, 3.8) is 0 Å². The van der Waals surface area contributed by atoms with E-state index in [1.165, 1.54) is 24.0 Å². The van der Waals surface area contributed by atoms with Gasteiger partial charge >= 0.3 is 18.6 Å². The van der Waals surface area contributed by atoms with Gasteiger partial charge in [-0.2, -0.15) is 26.3 Å². The quantitative estimate of drug-likeness (QED) is 0.331. The molecule has 2 aliphatic heterocycles. The first-order valence-electron chi connectivity index (χ1n) is 13.3. The highest BCUT2D eigenvalue weighted by Crippen LogP contribution is 2.49. The Labute approximate surface area is 231 Å². The molecular formula is C28H28F8N2O3. The fourth-order valence-electron chi connectivity index (χ4n) is 6.06. The van der Waals surface area contributed by atoms with E-state index in [-0.39, 0.29) is 23.1 Å². The van der Waals surface area contributed by atoms with Crippen molar-refractivity contribution in [3.05, 3.63) is 52.6 Å². The topological polar surface area (TPSA) is 42.0 Å². The van der Waals surface area contributed by atoms with Crippen molar-refractivity contribution < 1.29 is 49.4 Å².